The first-order valence-electron chi connectivity index (χ1n) is 7.74. The lowest BCUT2D eigenvalue weighted by Crippen LogP contribution is -2.44. The summed E-state index contributed by atoms with van der Waals surface area (Å²) in [6.07, 6.45) is 3.32. The summed E-state index contributed by atoms with van der Waals surface area (Å²) < 4.78 is 12.0. The molecule has 1 aromatic heterocycles. The van der Waals surface area contributed by atoms with Crippen molar-refractivity contribution < 1.29 is 14.3 Å². The first kappa shape index (κ1) is 16.9. The maximum absolute atomic E-state index is 12.6. The molecule has 7 heteroatoms. The fraction of sp³-hybridized carbons (Fsp3) is 0.353. The van der Waals surface area contributed by atoms with Crippen LogP contribution in [0, 0.1) is 3.57 Å². The third-order valence-electron chi connectivity index (χ3n) is 3.83. The number of halogens is 1. The van der Waals surface area contributed by atoms with Gasteiger partial charge in [-0.1, -0.05) is 0 Å². The first-order valence-corrected chi connectivity index (χ1v) is 8.82. The van der Waals surface area contributed by atoms with Gasteiger partial charge < -0.3 is 14.4 Å². The number of ether oxygens (including phenoxy) is 2. The van der Waals surface area contributed by atoms with E-state index in [9.17, 15) is 4.79 Å². The predicted octanol–water partition coefficient (Wildman–Crippen LogP) is 2.77. The van der Waals surface area contributed by atoms with Crippen molar-refractivity contribution >= 4 is 28.5 Å². The highest BCUT2D eigenvalue weighted by Crippen LogP contribution is 2.19. The molecule has 1 saturated heterocycles. The minimum Gasteiger partial charge on any atom is -0.472 e. The van der Waals surface area contributed by atoms with Gasteiger partial charge in [-0.3, -0.25) is 4.79 Å². The van der Waals surface area contributed by atoms with E-state index < -0.39 is 0 Å². The maximum atomic E-state index is 12.6. The summed E-state index contributed by atoms with van der Waals surface area (Å²) in [5, 5.41) is 0. The van der Waals surface area contributed by atoms with Crippen molar-refractivity contribution in [1.29, 1.82) is 0 Å². The molecule has 6 nitrogen and oxygen atoms in total. The molecule has 0 saturated carbocycles. The quantitative estimate of drug-likeness (QED) is 0.686. The molecule has 24 heavy (non-hydrogen) atoms. The normalized spacial score (nSPS) is 17.4. The number of piperidine rings is 1. The van der Waals surface area contributed by atoms with E-state index >= 15 is 0 Å². The van der Waals surface area contributed by atoms with Crippen molar-refractivity contribution in [2.24, 2.45) is 0 Å². The zero-order valence-electron chi connectivity index (χ0n) is 13.3. The Morgan fingerprint density at radius 1 is 1.29 bits per heavy atom. The number of amides is 1. The Morgan fingerprint density at radius 2 is 2.08 bits per heavy atom. The number of carbonyl (C=O) groups is 1. The zero-order chi connectivity index (χ0) is 16.9. The van der Waals surface area contributed by atoms with Gasteiger partial charge in [-0.15, -0.1) is 0 Å². The molecule has 0 radical (unpaired) electrons. The fourth-order valence-corrected chi connectivity index (χ4v) is 3.01. The SMILES string of the molecule is COc1nccc(OC2CCCN(C(=O)c3ccc(I)cc3)C2)n1. The monoisotopic (exact) mass is 439 g/mol. The summed E-state index contributed by atoms with van der Waals surface area (Å²) in [6.45, 7) is 1.30. The molecule has 126 valence electrons. The van der Waals surface area contributed by atoms with Crippen LogP contribution in [-0.4, -0.2) is 47.1 Å². The number of methoxy groups -OCH3 is 1. The second-order valence-corrected chi connectivity index (χ2v) is 6.77. The third-order valence-corrected chi connectivity index (χ3v) is 4.55. The number of nitrogens with zero attached hydrogens (tertiary/aromatic N) is 3. The fourth-order valence-electron chi connectivity index (χ4n) is 2.65. The van der Waals surface area contributed by atoms with Crippen LogP contribution in [0.4, 0.5) is 0 Å². The van der Waals surface area contributed by atoms with Gasteiger partial charge in [0.15, 0.2) is 0 Å². The number of hydrogen-bond donors (Lipinski definition) is 0. The molecular weight excluding hydrogens is 421 g/mol. The van der Waals surface area contributed by atoms with E-state index in [1.807, 2.05) is 29.2 Å². The molecule has 0 bridgehead atoms. The minimum atomic E-state index is -0.0776. The molecule has 3 rings (SSSR count). The van der Waals surface area contributed by atoms with Gasteiger partial charge in [0, 0.05) is 27.9 Å². The number of carbonyl (C=O) groups excluding carboxylic acids is 1. The lowest BCUT2D eigenvalue weighted by atomic mass is 10.1. The van der Waals surface area contributed by atoms with E-state index in [4.69, 9.17) is 9.47 Å². The van der Waals surface area contributed by atoms with Crippen LogP contribution < -0.4 is 9.47 Å². The summed E-state index contributed by atoms with van der Waals surface area (Å²) in [5.74, 6) is 0.510. The largest absolute Gasteiger partial charge is 0.472 e. The number of likely N-dealkylation sites (tertiary alicyclic amines) is 1. The predicted molar refractivity (Wildman–Crippen MR) is 97.3 cm³/mol. The number of benzene rings is 1. The van der Waals surface area contributed by atoms with E-state index in [0.29, 0.717) is 18.0 Å². The average molecular weight is 439 g/mol. The van der Waals surface area contributed by atoms with Crippen LogP contribution in [0.25, 0.3) is 0 Å². The molecule has 1 aliphatic rings. The van der Waals surface area contributed by atoms with E-state index in [1.54, 1.807) is 12.3 Å². The van der Waals surface area contributed by atoms with E-state index in [1.165, 1.54) is 7.11 Å². The summed E-state index contributed by atoms with van der Waals surface area (Å²) in [4.78, 5) is 22.6. The van der Waals surface area contributed by atoms with Crippen molar-refractivity contribution in [3.05, 3.63) is 45.7 Å². The summed E-state index contributed by atoms with van der Waals surface area (Å²) in [6, 6.07) is 9.59. The van der Waals surface area contributed by atoms with Gasteiger partial charge in [0.05, 0.1) is 13.7 Å². The Hall–Kier alpha value is -1.90. The average Bonchev–Trinajstić information content (AvgIpc) is 2.62. The topological polar surface area (TPSA) is 64.6 Å². The molecular formula is C17H18IN3O3. The van der Waals surface area contributed by atoms with Crippen LogP contribution in [0.1, 0.15) is 23.2 Å². The number of hydrogen-bond acceptors (Lipinski definition) is 5. The lowest BCUT2D eigenvalue weighted by molar-refractivity contribution is 0.0525. The van der Waals surface area contributed by atoms with Gasteiger partial charge in [0.2, 0.25) is 5.88 Å². The number of aromatic nitrogens is 2. The molecule has 1 aromatic carbocycles. The van der Waals surface area contributed by atoms with Gasteiger partial charge in [0.25, 0.3) is 5.91 Å². The van der Waals surface area contributed by atoms with Gasteiger partial charge in [-0.2, -0.15) is 4.98 Å². The van der Waals surface area contributed by atoms with E-state index in [-0.39, 0.29) is 18.0 Å². The van der Waals surface area contributed by atoms with Crippen LogP contribution in [0.2, 0.25) is 0 Å². The molecule has 0 spiro atoms. The van der Waals surface area contributed by atoms with Crippen molar-refractivity contribution in [2.45, 2.75) is 18.9 Å². The Balaban J connectivity index is 1.65. The number of rotatable bonds is 4. The maximum Gasteiger partial charge on any atom is 0.319 e. The molecule has 0 N–H and O–H groups in total. The minimum absolute atomic E-state index is 0.0416. The Labute approximate surface area is 154 Å². The molecule has 1 aliphatic heterocycles. The van der Waals surface area contributed by atoms with Gasteiger partial charge in [0.1, 0.15) is 6.10 Å². The molecule has 1 unspecified atom stereocenters. The van der Waals surface area contributed by atoms with Gasteiger partial charge in [-0.05, 0) is 59.7 Å². The second kappa shape index (κ2) is 7.78. The highest BCUT2D eigenvalue weighted by molar-refractivity contribution is 14.1. The van der Waals surface area contributed by atoms with Crippen LogP contribution >= 0.6 is 22.6 Å². The summed E-state index contributed by atoms with van der Waals surface area (Å²) in [7, 11) is 1.52. The third kappa shape index (κ3) is 4.14. The van der Waals surface area contributed by atoms with E-state index in [2.05, 4.69) is 32.6 Å². The lowest BCUT2D eigenvalue weighted by Gasteiger charge is -2.32. The molecule has 1 amide bonds. The van der Waals surface area contributed by atoms with E-state index in [0.717, 1.165) is 23.0 Å². The summed E-state index contributed by atoms with van der Waals surface area (Å²) in [5.41, 5.74) is 0.708. The second-order valence-electron chi connectivity index (χ2n) is 5.52. The van der Waals surface area contributed by atoms with Gasteiger partial charge >= 0.3 is 6.01 Å². The highest BCUT2D eigenvalue weighted by Gasteiger charge is 2.26. The van der Waals surface area contributed by atoms with Crippen molar-refractivity contribution in [3.8, 4) is 11.9 Å². The van der Waals surface area contributed by atoms with Crippen LogP contribution in [0.15, 0.2) is 36.5 Å². The molecule has 2 heterocycles. The van der Waals surface area contributed by atoms with Crippen molar-refractivity contribution in [3.63, 3.8) is 0 Å². The standard InChI is InChI=1S/C17H18IN3O3/c1-23-17-19-9-8-15(20-17)24-14-3-2-10-21(11-14)16(22)12-4-6-13(18)7-5-12/h4-9,14H,2-3,10-11H2,1H3. The first-order chi connectivity index (χ1) is 11.7. The molecule has 1 fully saturated rings. The smallest absolute Gasteiger partial charge is 0.319 e. The molecule has 0 aliphatic carbocycles. The molecule has 2 aromatic rings. The Morgan fingerprint density at radius 3 is 2.83 bits per heavy atom. The Kier molecular flexibility index (Phi) is 5.49. The van der Waals surface area contributed by atoms with Gasteiger partial charge in [-0.25, -0.2) is 4.98 Å². The van der Waals surface area contributed by atoms with Crippen LogP contribution in [0.5, 0.6) is 11.9 Å². The van der Waals surface area contributed by atoms with Crippen molar-refractivity contribution in [2.75, 3.05) is 20.2 Å². The molecule has 1 atom stereocenters. The van der Waals surface area contributed by atoms with Crippen LogP contribution in [-0.2, 0) is 0 Å². The summed E-state index contributed by atoms with van der Waals surface area (Å²) >= 11 is 2.23. The van der Waals surface area contributed by atoms with Crippen molar-refractivity contribution in [1.82, 2.24) is 14.9 Å². The zero-order valence-corrected chi connectivity index (χ0v) is 15.5. The van der Waals surface area contributed by atoms with Crippen LogP contribution in [0.3, 0.4) is 0 Å². The highest BCUT2D eigenvalue weighted by atomic mass is 127. The Bertz CT molecular complexity index is 708.